The van der Waals surface area contributed by atoms with E-state index in [9.17, 15) is 0 Å². The highest BCUT2D eigenvalue weighted by atomic mass is 79.9. The quantitative estimate of drug-likeness (QED) is 0.677. The molecule has 0 unspecified atom stereocenters. The molecule has 15 heavy (non-hydrogen) atoms. The van der Waals surface area contributed by atoms with Crippen molar-refractivity contribution < 1.29 is 0 Å². The molecule has 0 N–H and O–H groups in total. The fourth-order valence-corrected chi connectivity index (χ4v) is 2.94. The Hall–Kier alpha value is -0.300. The fraction of sp³-hybridized carbons (Fsp3) is 0.571. The Kier molecular flexibility index (Phi) is 4.85. The van der Waals surface area contributed by atoms with Crippen LogP contribution in [0.1, 0.15) is 37.8 Å². The minimum atomic E-state index is 0.437. The summed E-state index contributed by atoms with van der Waals surface area (Å²) in [5.74, 6) is 0. The number of alkyl halides is 1. The van der Waals surface area contributed by atoms with E-state index in [4.69, 9.17) is 0 Å². The zero-order valence-electron chi connectivity index (χ0n) is 10.0. The smallest absolute Gasteiger partial charge is 0.00909 e. The second-order valence-corrected chi connectivity index (χ2v) is 5.00. The minimum absolute atomic E-state index is 0.437. The molecule has 0 aromatic heterocycles. The molecule has 0 aliphatic carbocycles. The molecule has 0 spiro atoms. The summed E-state index contributed by atoms with van der Waals surface area (Å²) in [6.07, 6.45) is 3.67. The third-order valence-corrected chi connectivity index (χ3v) is 4.80. The monoisotopic (exact) mass is 268 g/mol. The van der Waals surface area contributed by atoms with Crippen LogP contribution in [0.4, 0.5) is 0 Å². The highest BCUT2D eigenvalue weighted by molar-refractivity contribution is 9.09. The molecule has 0 atom stereocenters. The van der Waals surface area contributed by atoms with Gasteiger partial charge >= 0.3 is 0 Å². The molecule has 1 aromatic rings. The van der Waals surface area contributed by atoms with E-state index in [1.807, 2.05) is 0 Å². The van der Waals surface area contributed by atoms with Gasteiger partial charge in [-0.1, -0.05) is 54.0 Å². The molecule has 0 nitrogen and oxygen atoms in total. The Morgan fingerprint density at radius 1 is 1.13 bits per heavy atom. The third-order valence-electron chi connectivity index (χ3n) is 3.61. The Morgan fingerprint density at radius 2 is 1.73 bits per heavy atom. The van der Waals surface area contributed by atoms with Crippen molar-refractivity contribution in [3.8, 4) is 0 Å². The van der Waals surface area contributed by atoms with Crippen LogP contribution in [0.25, 0.3) is 0 Å². The average Bonchev–Trinajstić information content (AvgIpc) is 2.29. The lowest BCUT2D eigenvalue weighted by Gasteiger charge is -2.30. The topological polar surface area (TPSA) is 0 Å². The summed E-state index contributed by atoms with van der Waals surface area (Å²) >= 11 is 3.68. The van der Waals surface area contributed by atoms with Gasteiger partial charge in [0.1, 0.15) is 0 Å². The highest BCUT2D eigenvalue weighted by Gasteiger charge is 2.25. The standard InChI is InChI=1S/C14H21Br/c1-4-14(5-2,11-15)10-13-9-7-6-8-12(13)3/h6-9H,4-5,10-11H2,1-3H3. The van der Waals surface area contributed by atoms with E-state index >= 15 is 0 Å². The molecule has 0 bridgehead atoms. The largest absolute Gasteiger partial charge is 0.0922 e. The van der Waals surface area contributed by atoms with Gasteiger partial charge in [-0.05, 0) is 42.7 Å². The van der Waals surface area contributed by atoms with E-state index in [1.54, 1.807) is 0 Å². The summed E-state index contributed by atoms with van der Waals surface area (Å²) in [4.78, 5) is 0. The lowest BCUT2D eigenvalue weighted by Crippen LogP contribution is -2.24. The Morgan fingerprint density at radius 3 is 2.20 bits per heavy atom. The normalized spacial score (nSPS) is 11.7. The van der Waals surface area contributed by atoms with Gasteiger partial charge in [0.15, 0.2) is 0 Å². The predicted molar refractivity (Wildman–Crippen MR) is 71.7 cm³/mol. The summed E-state index contributed by atoms with van der Waals surface area (Å²) in [5.41, 5.74) is 3.36. The van der Waals surface area contributed by atoms with Gasteiger partial charge in [-0.3, -0.25) is 0 Å². The van der Waals surface area contributed by atoms with Crippen LogP contribution in [-0.2, 0) is 6.42 Å². The summed E-state index contributed by atoms with van der Waals surface area (Å²) in [5, 5.41) is 1.10. The summed E-state index contributed by atoms with van der Waals surface area (Å²) in [7, 11) is 0. The van der Waals surface area contributed by atoms with Gasteiger partial charge in [-0.15, -0.1) is 0 Å². The predicted octanol–water partition coefficient (Wildman–Crippen LogP) is 4.74. The minimum Gasteiger partial charge on any atom is -0.0922 e. The maximum absolute atomic E-state index is 3.68. The zero-order valence-corrected chi connectivity index (χ0v) is 11.6. The first-order chi connectivity index (χ1) is 7.17. The molecule has 0 aliphatic rings. The molecule has 1 heteroatoms. The fourth-order valence-electron chi connectivity index (χ4n) is 1.95. The van der Waals surface area contributed by atoms with Crippen molar-refractivity contribution in [2.75, 3.05) is 5.33 Å². The molecule has 84 valence electrons. The molecule has 0 fully saturated rings. The van der Waals surface area contributed by atoms with Gasteiger partial charge in [-0.2, -0.15) is 0 Å². The maximum atomic E-state index is 3.68. The second-order valence-electron chi connectivity index (χ2n) is 4.44. The first kappa shape index (κ1) is 12.8. The average molecular weight is 269 g/mol. The van der Waals surface area contributed by atoms with Gasteiger partial charge in [0.25, 0.3) is 0 Å². The summed E-state index contributed by atoms with van der Waals surface area (Å²) in [6.45, 7) is 6.80. The van der Waals surface area contributed by atoms with Gasteiger partial charge in [0.05, 0.1) is 0 Å². The molecular weight excluding hydrogens is 248 g/mol. The number of halogens is 1. The van der Waals surface area contributed by atoms with Crippen molar-refractivity contribution >= 4 is 15.9 Å². The van der Waals surface area contributed by atoms with Crippen molar-refractivity contribution in [1.29, 1.82) is 0 Å². The van der Waals surface area contributed by atoms with Crippen LogP contribution in [0, 0.1) is 12.3 Å². The lowest BCUT2D eigenvalue weighted by atomic mass is 9.78. The van der Waals surface area contributed by atoms with Crippen molar-refractivity contribution in [2.24, 2.45) is 5.41 Å². The van der Waals surface area contributed by atoms with Crippen LogP contribution in [0.15, 0.2) is 24.3 Å². The zero-order chi connectivity index (χ0) is 11.3. The van der Waals surface area contributed by atoms with E-state index < -0.39 is 0 Å². The van der Waals surface area contributed by atoms with Crippen LogP contribution in [0.2, 0.25) is 0 Å². The first-order valence-electron chi connectivity index (χ1n) is 5.78. The second kappa shape index (κ2) is 5.69. The maximum Gasteiger partial charge on any atom is 0.00909 e. The molecule has 0 heterocycles. The van der Waals surface area contributed by atoms with Crippen LogP contribution in [0.3, 0.4) is 0 Å². The highest BCUT2D eigenvalue weighted by Crippen LogP contribution is 2.33. The summed E-state index contributed by atoms with van der Waals surface area (Å²) < 4.78 is 0. The van der Waals surface area contributed by atoms with Crippen molar-refractivity contribution in [2.45, 2.75) is 40.0 Å². The molecule has 0 saturated heterocycles. The Balaban J connectivity index is 2.88. The van der Waals surface area contributed by atoms with Crippen molar-refractivity contribution in [3.63, 3.8) is 0 Å². The van der Waals surface area contributed by atoms with Crippen LogP contribution in [-0.4, -0.2) is 5.33 Å². The lowest BCUT2D eigenvalue weighted by molar-refractivity contribution is 0.306. The molecule has 0 amide bonds. The third kappa shape index (κ3) is 3.07. The van der Waals surface area contributed by atoms with E-state index in [0.717, 1.165) is 5.33 Å². The Labute approximate surface area is 102 Å². The molecule has 1 rings (SSSR count). The number of aryl methyl sites for hydroxylation is 1. The molecule has 0 saturated carbocycles. The van der Waals surface area contributed by atoms with Crippen molar-refractivity contribution in [1.82, 2.24) is 0 Å². The number of benzene rings is 1. The Bertz CT molecular complexity index is 292. The van der Waals surface area contributed by atoms with Gasteiger partial charge in [0.2, 0.25) is 0 Å². The van der Waals surface area contributed by atoms with Gasteiger partial charge < -0.3 is 0 Å². The van der Waals surface area contributed by atoms with Crippen molar-refractivity contribution in [3.05, 3.63) is 35.4 Å². The molecule has 1 aromatic carbocycles. The molecule has 0 aliphatic heterocycles. The number of hydrogen-bond donors (Lipinski definition) is 0. The van der Waals surface area contributed by atoms with E-state index in [2.05, 4.69) is 61.0 Å². The van der Waals surface area contributed by atoms with Crippen LogP contribution in [0.5, 0.6) is 0 Å². The molecular formula is C14H21Br. The van der Waals surface area contributed by atoms with Gasteiger partial charge in [-0.25, -0.2) is 0 Å². The number of hydrogen-bond acceptors (Lipinski definition) is 0. The van der Waals surface area contributed by atoms with E-state index in [0.29, 0.717) is 5.41 Å². The van der Waals surface area contributed by atoms with Crippen LogP contribution < -0.4 is 0 Å². The first-order valence-corrected chi connectivity index (χ1v) is 6.90. The van der Waals surface area contributed by atoms with Gasteiger partial charge in [0, 0.05) is 5.33 Å². The van der Waals surface area contributed by atoms with E-state index in [1.165, 1.54) is 30.4 Å². The SMILES string of the molecule is CCC(CC)(CBr)Cc1ccccc1C. The van der Waals surface area contributed by atoms with Crippen LogP contribution >= 0.6 is 15.9 Å². The van der Waals surface area contributed by atoms with E-state index in [-0.39, 0.29) is 0 Å². The summed E-state index contributed by atoms with van der Waals surface area (Å²) in [6, 6.07) is 8.73. The number of rotatable bonds is 5. The molecule has 0 radical (unpaired) electrons.